The van der Waals surface area contributed by atoms with Crippen LogP contribution < -0.4 is 21.5 Å². The van der Waals surface area contributed by atoms with E-state index in [1.165, 1.54) is 11.3 Å². The molecule has 0 aliphatic heterocycles. The van der Waals surface area contributed by atoms with E-state index in [1.54, 1.807) is 16.4 Å². The fourth-order valence-corrected chi connectivity index (χ4v) is 5.87. The number of thiophene rings is 1. The van der Waals surface area contributed by atoms with Crippen LogP contribution in [0.1, 0.15) is 52.2 Å². The van der Waals surface area contributed by atoms with E-state index in [2.05, 4.69) is 16.0 Å². The Balaban J connectivity index is 1.45. The molecule has 0 unspecified atom stereocenters. The van der Waals surface area contributed by atoms with E-state index in [0.717, 1.165) is 54.7 Å². The highest BCUT2D eigenvalue weighted by molar-refractivity contribution is 7.17. The fourth-order valence-electron chi connectivity index (χ4n) is 4.57. The zero-order valence-corrected chi connectivity index (χ0v) is 20.3. The van der Waals surface area contributed by atoms with Gasteiger partial charge in [-0.3, -0.25) is 19.1 Å². The van der Waals surface area contributed by atoms with Crippen molar-refractivity contribution >= 4 is 33.8 Å². The van der Waals surface area contributed by atoms with Crippen LogP contribution in [0.25, 0.3) is 5.69 Å². The molecule has 2 amide bonds. The lowest BCUT2D eigenvalue weighted by molar-refractivity contribution is -0.657. The summed E-state index contributed by atoms with van der Waals surface area (Å²) in [4.78, 5) is 40.6. The van der Waals surface area contributed by atoms with Crippen LogP contribution in [0.2, 0.25) is 0 Å². The zero-order chi connectivity index (χ0) is 23.8. The molecular weight excluding hydrogens is 450 g/mol. The summed E-state index contributed by atoms with van der Waals surface area (Å²) < 4.78 is 3.29. The van der Waals surface area contributed by atoms with E-state index in [0.29, 0.717) is 28.8 Å². The van der Waals surface area contributed by atoms with Crippen molar-refractivity contribution < 1.29 is 14.9 Å². The number of carbonyl (C=O) groups excluding carboxylic acids is 2. The summed E-state index contributed by atoms with van der Waals surface area (Å²) in [6.45, 7) is 2.17. The third-order valence-electron chi connectivity index (χ3n) is 6.70. The van der Waals surface area contributed by atoms with Crippen molar-refractivity contribution in [2.75, 3.05) is 17.2 Å². The summed E-state index contributed by atoms with van der Waals surface area (Å²) >= 11 is 1.50. The highest BCUT2D eigenvalue weighted by Crippen LogP contribution is 2.38. The van der Waals surface area contributed by atoms with Crippen LogP contribution in [0.15, 0.2) is 35.1 Å². The lowest BCUT2D eigenvalue weighted by atomic mass is 9.95. The van der Waals surface area contributed by atoms with Crippen molar-refractivity contribution in [2.45, 2.75) is 51.5 Å². The lowest BCUT2D eigenvalue weighted by Gasteiger charge is -2.13. The van der Waals surface area contributed by atoms with Gasteiger partial charge in [0.2, 0.25) is 0 Å². The Hall–Kier alpha value is -3.17. The molecule has 0 saturated heterocycles. The number of amides is 2. The number of nitrogens with two attached hydrogens (primary N) is 1. The molecule has 0 spiro atoms. The van der Waals surface area contributed by atoms with Gasteiger partial charge in [-0.2, -0.15) is 0 Å². The number of nitrogens with one attached hydrogen (secondary N) is 2. The van der Waals surface area contributed by atoms with Gasteiger partial charge in [-0.15, -0.1) is 11.3 Å². The molecule has 9 heteroatoms. The SMILES string of the molecule is Cc1c(NC(=O)c2c(NC(=O)C[NH2+]C3CC3)sc3c2CCCC3)c(=O)n(-c2ccccc2)n1C. The minimum atomic E-state index is -0.341. The lowest BCUT2D eigenvalue weighted by Crippen LogP contribution is -2.87. The Morgan fingerprint density at radius 3 is 2.59 bits per heavy atom. The van der Waals surface area contributed by atoms with E-state index in [1.807, 2.05) is 37.3 Å². The first-order valence-electron chi connectivity index (χ1n) is 11.9. The van der Waals surface area contributed by atoms with Crippen LogP contribution in [0.5, 0.6) is 0 Å². The largest absolute Gasteiger partial charge is 0.336 e. The van der Waals surface area contributed by atoms with Crippen molar-refractivity contribution in [2.24, 2.45) is 7.05 Å². The Labute approximate surface area is 202 Å². The molecule has 8 nitrogen and oxygen atoms in total. The van der Waals surface area contributed by atoms with Crippen molar-refractivity contribution in [3.8, 4) is 5.69 Å². The number of rotatable bonds is 7. The van der Waals surface area contributed by atoms with Gasteiger partial charge in [0.05, 0.1) is 23.0 Å². The number of nitrogens with zero attached hydrogens (tertiary/aromatic N) is 2. The van der Waals surface area contributed by atoms with Crippen molar-refractivity contribution in [3.05, 3.63) is 62.4 Å². The number of aryl methyl sites for hydroxylation is 1. The van der Waals surface area contributed by atoms with Gasteiger partial charge in [0.1, 0.15) is 10.7 Å². The molecule has 0 atom stereocenters. The predicted octanol–water partition coefficient (Wildman–Crippen LogP) is 2.34. The number of anilines is 2. The number of fused-ring (bicyclic) bond motifs is 1. The maximum absolute atomic E-state index is 13.6. The number of benzene rings is 1. The summed E-state index contributed by atoms with van der Waals surface area (Å²) in [6.07, 6.45) is 6.13. The monoisotopic (exact) mass is 480 g/mol. The van der Waals surface area contributed by atoms with Gasteiger partial charge in [-0.05, 0) is 50.3 Å². The molecule has 1 fully saturated rings. The third kappa shape index (κ3) is 4.33. The van der Waals surface area contributed by atoms with Crippen molar-refractivity contribution in [3.63, 3.8) is 0 Å². The molecule has 0 radical (unpaired) electrons. The number of hydrogen-bond donors (Lipinski definition) is 3. The number of carbonyl (C=O) groups is 2. The number of para-hydroxylation sites is 1. The summed E-state index contributed by atoms with van der Waals surface area (Å²) in [6, 6.07) is 9.90. The first-order valence-corrected chi connectivity index (χ1v) is 12.7. The molecule has 2 heterocycles. The van der Waals surface area contributed by atoms with Crippen LogP contribution >= 0.6 is 11.3 Å². The Bertz CT molecular complexity index is 1300. The minimum absolute atomic E-state index is 0.0955. The topological polar surface area (TPSA) is 102 Å². The molecule has 2 aromatic heterocycles. The summed E-state index contributed by atoms with van der Waals surface area (Å²) in [7, 11) is 1.80. The molecule has 178 valence electrons. The number of aromatic nitrogens is 2. The standard InChI is InChI=1S/C25H29N5O3S/c1-15-22(25(33)30(29(15)2)17-8-4-3-5-9-17)28-23(32)21-18-10-6-7-11-19(18)34-24(21)27-20(31)14-26-16-12-13-16/h3-5,8-9,16,26H,6-7,10-14H2,1-2H3,(H,27,31)(H,28,32)/p+1. The molecule has 4 N–H and O–H groups in total. The molecule has 2 aliphatic carbocycles. The van der Waals surface area contributed by atoms with Crippen molar-refractivity contribution in [1.82, 2.24) is 9.36 Å². The molecule has 34 heavy (non-hydrogen) atoms. The summed E-state index contributed by atoms with van der Waals surface area (Å²) in [5.41, 5.74) is 2.88. The fraction of sp³-hybridized carbons (Fsp3) is 0.400. The second-order valence-electron chi connectivity index (χ2n) is 9.13. The van der Waals surface area contributed by atoms with Crippen LogP contribution in [-0.4, -0.2) is 33.8 Å². The van der Waals surface area contributed by atoms with E-state index < -0.39 is 0 Å². The zero-order valence-electron chi connectivity index (χ0n) is 19.5. The first kappa shape index (κ1) is 22.6. The van der Waals surface area contributed by atoms with E-state index in [-0.39, 0.29) is 23.1 Å². The van der Waals surface area contributed by atoms with E-state index >= 15 is 0 Å². The van der Waals surface area contributed by atoms with E-state index in [4.69, 9.17) is 0 Å². The van der Waals surface area contributed by atoms with Crippen LogP contribution in [0.4, 0.5) is 10.7 Å². The van der Waals surface area contributed by atoms with Gasteiger partial charge >= 0.3 is 0 Å². The molecule has 1 aromatic carbocycles. The van der Waals surface area contributed by atoms with Gasteiger partial charge in [-0.25, -0.2) is 4.68 Å². The second-order valence-corrected chi connectivity index (χ2v) is 10.2. The Kier molecular flexibility index (Phi) is 6.14. The second kappa shape index (κ2) is 9.23. The predicted molar refractivity (Wildman–Crippen MR) is 133 cm³/mol. The highest BCUT2D eigenvalue weighted by atomic mass is 32.1. The quantitative estimate of drug-likeness (QED) is 0.484. The average molecular weight is 481 g/mol. The van der Waals surface area contributed by atoms with Gasteiger partial charge < -0.3 is 16.0 Å². The smallest absolute Gasteiger partial charge is 0.295 e. The molecule has 1 saturated carbocycles. The normalized spacial score (nSPS) is 15.1. The maximum atomic E-state index is 13.6. The summed E-state index contributed by atoms with van der Waals surface area (Å²) in [5, 5.41) is 8.53. The van der Waals surface area contributed by atoms with Gasteiger partial charge in [-0.1, -0.05) is 18.2 Å². The molecular formula is C25H30N5O3S+. The Morgan fingerprint density at radius 1 is 1.12 bits per heavy atom. The van der Waals surface area contributed by atoms with Crippen LogP contribution in [-0.2, 0) is 24.7 Å². The molecule has 3 aromatic rings. The molecule has 5 rings (SSSR count). The van der Waals surface area contributed by atoms with Gasteiger partial charge in [0.25, 0.3) is 17.4 Å². The van der Waals surface area contributed by atoms with Crippen molar-refractivity contribution in [1.29, 1.82) is 0 Å². The Morgan fingerprint density at radius 2 is 1.85 bits per heavy atom. The highest BCUT2D eigenvalue weighted by Gasteiger charge is 2.30. The third-order valence-corrected chi connectivity index (χ3v) is 7.91. The summed E-state index contributed by atoms with van der Waals surface area (Å²) in [5.74, 6) is -0.436. The molecule has 0 bridgehead atoms. The number of hydrogen-bond acceptors (Lipinski definition) is 4. The molecule has 2 aliphatic rings. The van der Waals surface area contributed by atoms with Crippen LogP contribution in [0.3, 0.4) is 0 Å². The average Bonchev–Trinajstić information content (AvgIpc) is 3.56. The van der Waals surface area contributed by atoms with Gasteiger partial charge in [0, 0.05) is 24.8 Å². The number of quaternary nitrogens is 1. The van der Waals surface area contributed by atoms with Crippen LogP contribution in [0, 0.1) is 6.92 Å². The minimum Gasteiger partial charge on any atom is -0.336 e. The first-order chi connectivity index (χ1) is 16.4. The van der Waals surface area contributed by atoms with Gasteiger partial charge in [0.15, 0.2) is 6.54 Å². The maximum Gasteiger partial charge on any atom is 0.295 e. The van der Waals surface area contributed by atoms with E-state index in [9.17, 15) is 14.4 Å².